The van der Waals surface area contributed by atoms with Crippen LogP contribution in [0.5, 0.6) is 0 Å². The van der Waals surface area contributed by atoms with Crippen molar-refractivity contribution in [1.29, 1.82) is 0 Å². The molecule has 1 saturated heterocycles. The number of quaternary nitrogens is 1. The number of para-hydroxylation sites is 1. The van der Waals surface area contributed by atoms with Crippen molar-refractivity contribution < 1.29 is 9.69 Å². The highest BCUT2D eigenvalue weighted by Crippen LogP contribution is 2.19. The van der Waals surface area contributed by atoms with E-state index in [-0.39, 0.29) is 5.91 Å². The van der Waals surface area contributed by atoms with Crippen molar-refractivity contribution >= 4 is 17.2 Å². The Kier molecular flexibility index (Phi) is 5.09. The van der Waals surface area contributed by atoms with Crippen LogP contribution in [0.4, 0.5) is 0 Å². The first-order chi connectivity index (χ1) is 13.1. The van der Waals surface area contributed by atoms with Crippen LogP contribution in [0.3, 0.4) is 0 Å². The molecule has 27 heavy (non-hydrogen) atoms. The van der Waals surface area contributed by atoms with E-state index in [0.717, 1.165) is 55.4 Å². The van der Waals surface area contributed by atoms with Gasteiger partial charge in [0.2, 0.25) is 0 Å². The minimum atomic E-state index is 0.113. The standard InChI is InChI=1S/C21H24N4OS/c1-16-20(17(2)25(22-16)19-6-4-3-5-7-19)21(26)24-11-9-23(10-12-24)14-18-8-13-27-15-18/h3-8,13,15H,9-12,14H2,1-2H3/p+1. The summed E-state index contributed by atoms with van der Waals surface area (Å²) in [6, 6.07) is 12.2. The first kappa shape index (κ1) is 17.9. The van der Waals surface area contributed by atoms with E-state index in [1.54, 1.807) is 16.2 Å². The Bertz CT molecular complexity index is 909. The second-order valence-electron chi connectivity index (χ2n) is 7.14. The summed E-state index contributed by atoms with van der Waals surface area (Å²) in [4.78, 5) is 16.7. The van der Waals surface area contributed by atoms with Crippen molar-refractivity contribution in [2.24, 2.45) is 0 Å². The number of aromatic nitrogens is 2. The maximum absolute atomic E-state index is 13.2. The Morgan fingerprint density at radius 3 is 2.56 bits per heavy atom. The SMILES string of the molecule is Cc1nn(-c2ccccc2)c(C)c1C(=O)N1CC[NH+](Cc2ccsc2)CC1. The minimum absolute atomic E-state index is 0.113. The number of amides is 1. The third kappa shape index (κ3) is 3.68. The van der Waals surface area contributed by atoms with Gasteiger partial charge < -0.3 is 9.80 Å². The fraction of sp³-hybridized carbons (Fsp3) is 0.333. The number of thiophene rings is 1. The lowest BCUT2D eigenvalue weighted by molar-refractivity contribution is -0.917. The predicted molar refractivity (Wildman–Crippen MR) is 108 cm³/mol. The summed E-state index contributed by atoms with van der Waals surface area (Å²) >= 11 is 1.75. The Morgan fingerprint density at radius 1 is 1.15 bits per heavy atom. The molecule has 4 rings (SSSR count). The van der Waals surface area contributed by atoms with E-state index in [1.165, 1.54) is 5.56 Å². The van der Waals surface area contributed by atoms with E-state index < -0.39 is 0 Å². The molecule has 0 atom stereocenters. The molecule has 1 aromatic carbocycles. The molecule has 0 unspecified atom stereocenters. The van der Waals surface area contributed by atoms with Gasteiger partial charge in [0.15, 0.2) is 0 Å². The number of carbonyl (C=O) groups is 1. The van der Waals surface area contributed by atoms with Crippen molar-refractivity contribution in [2.45, 2.75) is 20.4 Å². The van der Waals surface area contributed by atoms with Crippen LogP contribution < -0.4 is 4.90 Å². The molecular weight excluding hydrogens is 356 g/mol. The molecular formula is C21H25N4OS+. The number of aryl methyl sites for hydroxylation is 1. The average molecular weight is 382 g/mol. The number of hydrogen-bond acceptors (Lipinski definition) is 3. The van der Waals surface area contributed by atoms with Gasteiger partial charge in [0, 0.05) is 5.56 Å². The van der Waals surface area contributed by atoms with Gasteiger partial charge in [-0.3, -0.25) is 4.79 Å². The molecule has 3 aromatic rings. The van der Waals surface area contributed by atoms with E-state index in [9.17, 15) is 4.79 Å². The van der Waals surface area contributed by atoms with Crippen LogP contribution in [0.2, 0.25) is 0 Å². The van der Waals surface area contributed by atoms with Gasteiger partial charge in [0.25, 0.3) is 5.91 Å². The molecule has 1 N–H and O–H groups in total. The van der Waals surface area contributed by atoms with E-state index in [0.29, 0.717) is 0 Å². The van der Waals surface area contributed by atoms with Crippen LogP contribution in [-0.2, 0) is 6.54 Å². The lowest BCUT2D eigenvalue weighted by Crippen LogP contribution is -3.13. The van der Waals surface area contributed by atoms with Crippen molar-refractivity contribution in [3.8, 4) is 5.69 Å². The third-order valence-corrected chi connectivity index (χ3v) is 6.03. The molecule has 3 heterocycles. The molecule has 1 fully saturated rings. The van der Waals surface area contributed by atoms with Gasteiger partial charge >= 0.3 is 0 Å². The molecule has 0 saturated carbocycles. The molecule has 6 heteroatoms. The average Bonchev–Trinajstić information content (AvgIpc) is 3.30. The smallest absolute Gasteiger partial charge is 0.258 e. The quantitative estimate of drug-likeness (QED) is 0.752. The van der Waals surface area contributed by atoms with Crippen LogP contribution in [0, 0.1) is 13.8 Å². The van der Waals surface area contributed by atoms with E-state index in [2.05, 4.69) is 21.9 Å². The summed E-state index contributed by atoms with van der Waals surface area (Å²) in [5.41, 5.74) is 4.85. The zero-order valence-corrected chi connectivity index (χ0v) is 16.6. The topological polar surface area (TPSA) is 42.6 Å². The van der Waals surface area contributed by atoms with Gasteiger partial charge in [-0.15, -0.1) is 0 Å². The van der Waals surface area contributed by atoms with E-state index >= 15 is 0 Å². The molecule has 1 aliphatic rings. The van der Waals surface area contributed by atoms with Gasteiger partial charge in [-0.05, 0) is 42.8 Å². The van der Waals surface area contributed by atoms with Crippen LogP contribution in [0.1, 0.15) is 27.3 Å². The molecule has 2 aromatic heterocycles. The van der Waals surface area contributed by atoms with Crippen molar-refractivity contribution in [3.05, 3.63) is 69.7 Å². The van der Waals surface area contributed by atoms with Crippen LogP contribution in [0.25, 0.3) is 5.69 Å². The number of nitrogens with one attached hydrogen (secondary N) is 1. The van der Waals surface area contributed by atoms with E-state index in [4.69, 9.17) is 0 Å². The molecule has 5 nitrogen and oxygen atoms in total. The molecule has 0 aliphatic carbocycles. The number of piperazine rings is 1. The second kappa shape index (κ2) is 7.66. The number of carbonyl (C=O) groups excluding carboxylic acids is 1. The van der Waals surface area contributed by atoms with Gasteiger partial charge in [0.1, 0.15) is 6.54 Å². The highest BCUT2D eigenvalue weighted by atomic mass is 32.1. The zero-order chi connectivity index (χ0) is 18.8. The first-order valence-electron chi connectivity index (χ1n) is 9.39. The predicted octanol–water partition coefficient (Wildman–Crippen LogP) is 2.09. The molecule has 0 radical (unpaired) electrons. The van der Waals surface area contributed by atoms with Gasteiger partial charge in [-0.2, -0.15) is 16.4 Å². The monoisotopic (exact) mass is 381 g/mol. The van der Waals surface area contributed by atoms with Gasteiger partial charge in [0.05, 0.1) is 48.8 Å². The largest absolute Gasteiger partial charge is 0.328 e. The molecule has 0 spiro atoms. The third-order valence-electron chi connectivity index (χ3n) is 5.30. The Balaban J connectivity index is 1.47. The normalized spacial score (nSPS) is 15.3. The Hall–Kier alpha value is -2.44. The second-order valence-corrected chi connectivity index (χ2v) is 7.92. The summed E-state index contributed by atoms with van der Waals surface area (Å²) in [5, 5.41) is 8.97. The fourth-order valence-corrected chi connectivity index (χ4v) is 4.48. The molecule has 140 valence electrons. The molecule has 1 aliphatic heterocycles. The lowest BCUT2D eigenvalue weighted by atomic mass is 10.1. The summed E-state index contributed by atoms with van der Waals surface area (Å²) < 4.78 is 1.88. The molecule has 1 amide bonds. The Morgan fingerprint density at radius 2 is 1.89 bits per heavy atom. The highest BCUT2D eigenvalue weighted by Gasteiger charge is 2.28. The van der Waals surface area contributed by atoms with Gasteiger partial charge in [-0.1, -0.05) is 18.2 Å². The maximum atomic E-state index is 13.2. The van der Waals surface area contributed by atoms with Gasteiger partial charge in [-0.25, -0.2) is 4.68 Å². The summed E-state index contributed by atoms with van der Waals surface area (Å²) in [7, 11) is 0. The van der Waals surface area contributed by atoms with Crippen LogP contribution >= 0.6 is 11.3 Å². The maximum Gasteiger partial charge on any atom is 0.258 e. The Labute approximate surface area is 163 Å². The minimum Gasteiger partial charge on any atom is -0.328 e. The van der Waals surface area contributed by atoms with Crippen LogP contribution in [-0.4, -0.2) is 46.8 Å². The number of rotatable bonds is 4. The zero-order valence-electron chi connectivity index (χ0n) is 15.8. The number of nitrogens with zero attached hydrogens (tertiary/aromatic N) is 3. The summed E-state index contributed by atoms with van der Waals surface area (Å²) in [5.74, 6) is 0.113. The number of hydrogen-bond donors (Lipinski definition) is 1. The van der Waals surface area contributed by atoms with Crippen molar-refractivity contribution in [2.75, 3.05) is 26.2 Å². The fourth-order valence-electron chi connectivity index (χ4n) is 3.82. The molecule has 0 bridgehead atoms. The highest BCUT2D eigenvalue weighted by molar-refractivity contribution is 7.07. The number of benzene rings is 1. The summed E-state index contributed by atoms with van der Waals surface area (Å²) in [6.45, 7) is 8.55. The van der Waals surface area contributed by atoms with Crippen molar-refractivity contribution in [3.63, 3.8) is 0 Å². The van der Waals surface area contributed by atoms with Crippen LogP contribution in [0.15, 0.2) is 47.2 Å². The first-order valence-corrected chi connectivity index (χ1v) is 10.3. The summed E-state index contributed by atoms with van der Waals surface area (Å²) in [6.07, 6.45) is 0. The van der Waals surface area contributed by atoms with E-state index in [1.807, 2.05) is 53.8 Å². The lowest BCUT2D eigenvalue weighted by Gasteiger charge is -2.32. The van der Waals surface area contributed by atoms with Crippen molar-refractivity contribution in [1.82, 2.24) is 14.7 Å².